The number of ether oxygens (including phenoxy) is 1. The molecule has 0 bridgehead atoms. The predicted molar refractivity (Wildman–Crippen MR) is 79.8 cm³/mol. The van der Waals surface area contributed by atoms with Gasteiger partial charge < -0.3 is 9.84 Å². The third-order valence-corrected chi connectivity index (χ3v) is 3.13. The number of aromatic carboxylic acids is 1. The van der Waals surface area contributed by atoms with Gasteiger partial charge in [0.1, 0.15) is 5.75 Å². The number of pyridine rings is 1. The van der Waals surface area contributed by atoms with Crippen LogP contribution < -0.4 is 4.74 Å². The highest BCUT2D eigenvalue weighted by atomic mass is 79.9. The molecule has 1 atom stereocenters. The number of carbonyl (C=O) groups is 1. The summed E-state index contributed by atoms with van der Waals surface area (Å²) >= 11 is 3.32. The molecule has 1 aromatic carbocycles. The second-order valence-electron chi connectivity index (χ2n) is 4.25. The number of nitrogens with zero attached hydrogens (tertiary/aromatic N) is 2. The van der Waals surface area contributed by atoms with Gasteiger partial charge in [-0.1, -0.05) is 22.0 Å². The normalized spacial score (nSPS) is 11.5. The molecule has 2 rings (SSSR count). The molecule has 1 heterocycles. The molecule has 0 radical (unpaired) electrons. The van der Waals surface area contributed by atoms with Crippen LogP contribution >= 0.6 is 15.9 Å². The van der Waals surface area contributed by atoms with Gasteiger partial charge in [-0.2, -0.15) is 5.26 Å². The van der Waals surface area contributed by atoms with Crippen LogP contribution in [-0.4, -0.2) is 16.1 Å². The number of hydrogen-bond acceptors (Lipinski definition) is 4. The lowest BCUT2D eigenvalue weighted by molar-refractivity contribution is 0.0695. The SMILES string of the molecule is CC(Br)c1nc(Oc2cccc(C#N)c2)ccc1C(=O)O. The van der Waals surface area contributed by atoms with Gasteiger partial charge in [-0.05, 0) is 31.2 Å². The van der Waals surface area contributed by atoms with E-state index in [0.29, 0.717) is 17.0 Å². The summed E-state index contributed by atoms with van der Waals surface area (Å²) in [5.41, 5.74) is 0.984. The Labute approximate surface area is 129 Å². The Hall–Kier alpha value is -2.39. The monoisotopic (exact) mass is 346 g/mol. The minimum atomic E-state index is -1.04. The molecular formula is C15H11BrN2O3. The van der Waals surface area contributed by atoms with Crippen molar-refractivity contribution in [2.24, 2.45) is 0 Å². The van der Waals surface area contributed by atoms with Crippen LogP contribution in [0, 0.1) is 11.3 Å². The number of alkyl halides is 1. The minimum Gasteiger partial charge on any atom is -0.478 e. The summed E-state index contributed by atoms with van der Waals surface area (Å²) < 4.78 is 5.57. The molecule has 1 unspecified atom stereocenters. The number of halogens is 1. The summed E-state index contributed by atoms with van der Waals surface area (Å²) in [5.74, 6) is -0.295. The first-order valence-corrected chi connectivity index (χ1v) is 6.99. The third-order valence-electron chi connectivity index (χ3n) is 2.69. The molecule has 1 aromatic heterocycles. The molecule has 106 valence electrons. The molecule has 21 heavy (non-hydrogen) atoms. The van der Waals surface area contributed by atoms with E-state index in [1.54, 1.807) is 31.2 Å². The number of nitriles is 1. The van der Waals surface area contributed by atoms with E-state index >= 15 is 0 Å². The Morgan fingerprint density at radius 1 is 1.43 bits per heavy atom. The van der Waals surface area contributed by atoms with Crippen LogP contribution in [0.15, 0.2) is 36.4 Å². The standard InChI is InChI=1S/C15H11BrN2O3/c1-9(16)14-12(15(19)20)5-6-13(18-14)21-11-4-2-3-10(7-11)8-17/h2-7,9H,1H3,(H,19,20). The molecule has 1 N–H and O–H groups in total. The fraction of sp³-hybridized carbons (Fsp3) is 0.133. The van der Waals surface area contributed by atoms with E-state index in [4.69, 9.17) is 15.1 Å². The zero-order valence-electron chi connectivity index (χ0n) is 11.1. The topological polar surface area (TPSA) is 83.2 Å². The largest absolute Gasteiger partial charge is 0.478 e. The van der Waals surface area contributed by atoms with Gasteiger partial charge in [0, 0.05) is 6.07 Å². The zero-order valence-corrected chi connectivity index (χ0v) is 12.7. The molecule has 0 saturated heterocycles. The average Bonchev–Trinajstić information content (AvgIpc) is 2.47. The van der Waals surface area contributed by atoms with Gasteiger partial charge in [0.05, 0.1) is 27.7 Å². The molecule has 6 heteroatoms. The molecule has 0 fully saturated rings. The first-order valence-electron chi connectivity index (χ1n) is 6.07. The van der Waals surface area contributed by atoms with E-state index in [0.717, 1.165) is 0 Å². The lowest BCUT2D eigenvalue weighted by Crippen LogP contribution is -2.06. The van der Waals surface area contributed by atoms with Crippen LogP contribution in [0.25, 0.3) is 0 Å². The third kappa shape index (κ3) is 3.58. The highest BCUT2D eigenvalue weighted by Gasteiger charge is 2.16. The maximum Gasteiger partial charge on any atom is 0.337 e. The summed E-state index contributed by atoms with van der Waals surface area (Å²) in [5, 5.41) is 18.0. The van der Waals surface area contributed by atoms with E-state index in [1.165, 1.54) is 12.1 Å². The van der Waals surface area contributed by atoms with Gasteiger partial charge in [-0.3, -0.25) is 0 Å². The summed E-state index contributed by atoms with van der Waals surface area (Å²) in [6, 6.07) is 11.6. The van der Waals surface area contributed by atoms with Gasteiger partial charge in [-0.25, -0.2) is 9.78 Å². The number of rotatable bonds is 4. The average molecular weight is 347 g/mol. The lowest BCUT2D eigenvalue weighted by atomic mass is 10.1. The highest BCUT2D eigenvalue weighted by Crippen LogP contribution is 2.28. The molecule has 0 aliphatic carbocycles. The van der Waals surface area contributed by atoms with Crippen molar-refractivity contribution in [3.05, 3.63) is 53.2 Å². The maximum absolute atomic E-state index is 11.1. The van der Waals surface area contributed by atoms with E-state index in [2.05, 4.69) is 20.9 Å². The van der Waals surface area contributed by atoms with Crippen molar-refractivity contribution in [2.45, 2.75) is 11.8 Å². The van der Waals surface area contributed by atoms with Crippen molar-refractivity contribution in [1.82, 2.24) is 4.98 Å². The van der Waals surface area contributed by atoms with Crippen LogP contribution in [0.4, 0.5) is 0 Å². The van der Waals surface area contributed by atoms with Crippen molar-refractivity contribution in [3.63, 3.8) is 0 Å². The van der Waals surface area contributed by atoms with Crippen molar-refractivity contribution in [1.29, 1.82) is 5.26 Å². The molecule has 0 aliphatic rings. The van der Waals surface area contributed by atoms with E-state index in [9.17, 15) is 4.79 Å². The first kappa shape index (κ1) is 15.0. The van der Waals surface area contributed by atoms with Crippen LogP contribution in [0.1, 0.15) is 33.4 Å². The maximum atomic E-state index is 11.1. The molecular weight excluding hydrogens is 336 g/mol. The van der Waals surface area contributed by atoms with Crippen LogP contribution in [-0.2, 0) is 0 Å². The van der Waals surface area contributed by atoms with Gasteiger partial charge in [-0.15, -0.1) is 0 Å². The lowest BCUT2D eigenvalue weighted by Gasteiger charge is -2.10. The molecule has 5 nitrogen and oxygen atoms in total. The van der Waals surface area contributed by atoms with Crippen molar-refractivity contribution >= 4 is 21.9 Å². The second kappa shape index (κ2) is 6.37. The second-order valence-corrected chi connectivity index (χ2v) is 5.62. The van der Waals surface area contributed by atoms with Crippen molar-refractivity contribution < 1.29 is 14.6 Å². The Morgan fingerprint density at radius 2 is 2.19 bits per heavy atom. The smallest absolute Gasteiger partial charge is 0.337 e. The van der Waals surface area contributed by atoms with Crippen LogP contribution in [0.3, 0.4) is 0 Å². The van der Waals surface area contributed by atoms with Crippen LogP contribution in [0.2, 0.25) is 0 Å². The van der Waals surface area contributed by atoms with E-state index < -0.39 is 5.97 Å². The van der Waals surface area contributed by atoms with Crippen molar-refractivity contribution in [2.75, 3.05) is 0 Å². The van der Waals surface area contributed by atoms with Gasteiger partial charge >= 0.3 is 5.97 Å². The highest BCUT2D eigenvalue weighted by molar-refractivity contribution is 9.09. The zero-order chi connectivity index (χ0) is 15.4. The number of aromatic nitrogens is 1. The molecule has 0 saturated carbocycles. The number of carboxylic acids is 1. The van der Waals surface area contributed by atoms with Gasteiger partial charge in [0.2, 0.25) is 5.88 Å². The van der Waals surface area contributed by atoms with Gasteiger partial charge in [0.15, 0.2) is 0 Å². The summed E-state index contributed by atoms with van der Waals surface area (Å²) in [4.78, 5) is 15.1. The Kier molecular flexibility index (Phi) is 4.55. The van der Waals surface area contributed by atoms with Crippen molar-refractivity contribution in [3.8, 4) is 17.7 Å². The van der Waals surface area contributed by atoms with E-state index in [1.807, 2.05) is 6.07 Å². The Balaban J connectivity index is 2.35. The summed E-state index contributed by atoms with van der Waals surface area (Å²) in [6.07, 6.45) is 0. The number of carboxylic acid groups (broad SMARTS) is 1. The number of benzene rings is 1. The minimum absolute atomic E-state index is 0.123. The van der Waals surface area contributed by atoms with E-state index in [-0.39, 0.29) is 16.3 Å². The fourth-order valence-electron chi connectivity index (χ4n) is 1.75. The fourth-order valence-corrected chi connectivity index (χ4v) is 2.10. The molecule has 0 spiro atoms. The molecule has 2 aromatic rings. The van der Waals surface area contributed by atoms with Crippen LogP contribution in [0.5, 0.6) is 11.6 Å². The number of hydrogen-bond donors (Lipinski definition) is 1. The predicted octanol–water partition coefficient (Wildman–Crippen LogP) is 3.90. The van der Waals surface area contributed by atoms with Gasteiger partial charge in [0.25, 0.3) is 0 Å². The molecule has 0 aliphatic heterocycles. The quantitative estimate of drug-likeness (QED) is 0.848. The molecule has 0 amide bonds. The summed E-state index contributed by atoms with van der Waals surface area (Å²) in [6.45, 7) is 1.79. The Bertz CT molecular complexity index is 723. The summed E-state index contributed by atoms with van der Waals surface area (Å²) in [7, 11) is 0. The Morgan fingerprint density at radius 3 is 2.81 bits per heavy atom. The first-order chi connectivity index (χ1) is 10.0.